The SMILES string of the molecule is O=C(O)C1C(C2CCCO2)CCN1C(=O)OCC1c2ccccc2-c2ccccc21. The second-order valence-corrected chi connectivity index (χ2v) is 8.28. The van der Waals surface area contributed by atoms with Crippen molar-refractivity contribution in [2.45, 2.75) is 37.3 Å². The van der Waals surface area contributed by atoms with E-state index in [0.29, 0.717) is 19.6 Å². The van der Waals surface area contributed by atoms with E-state index in [-0.39, 0.29) is 24.5 Å². The van der Waals surface area contributed by atoms with Gasteiger partial charge in [-0.1, -0.05) is 48.5 Å². The van der Waals surface area contributed by atoms with Crippen LogP contribution in [0.25, 0.3) is 11.1 Å². The molecule has 6 nitrogen and oxygen atoms in total. The molecule has 0 aromatic heterocycles. The van der Waals surface area contributed by atoms with E-state index >= 15 is 0 Å². The average molecular weight is 407 g/mol. The summed E-state index contributed by atoms with van der Waals surface area (Å²) in [6.45, 7) is 1.25. The third-order valence-corrected chi connectivity index (χ3v) is 6.71. The second kappa shape index (κ2) is 7.76. The Kier molecular flexibility index (Phi) is 4.95. The van der Waals surface area contributed by atoms with E-state index in [9.17, 15) is 14.7 Å². The van der Waals surface area contributed by atoms with Crippen molar-refractivity contribution in [2.75, 3.05) is 19.8 Å². The molecule has 0 saturated carbocycles. The molecule has 1 aliphatic carbocycles. The summed E-state index contributed by atoms with van der Waals surface area (Å²) in [4.78, 5) is 26.2. The molecule has 0 bridgehead atoms. The van der Waals surface area contributed by atoms with Crippen molar-refractivity contribution >= 4 is 12.1 Å². The molecule has 1 N–H and O–H groups in total. The van der Waals surface area contributed by atoms with Crippen LogP contribution in [-0.4, -0.2) is 54.0 Å². The first kappa shape index (κ1) is 19.1. The molecule has 2 heterocycles. The van der Waals surface area contributed by atoms with Gasteiger partial charge in [-0.3, -0.25) is 4.90 Å². The molecule has 1 amide bonds. The third kappa shape index (κ3) is 3.16. The molecule has 3 unspecified atom stereocenters. The summed E-state index contributed by atoms with van der Waals surface area (Å²) in [5, 5.41) is 9.80. The average Bonchev–Trinajstić information content (AvgIpc) is 3.49. The Balaban J connectivity index is 1.32. The van der Waals surface area contributed by atoms with E-state index in [1.165, 1.54) is 4.90 Å². The standard InChI is InChI=1S/C24H25NO5/c26-23(27)22-19(21-10-5-13-29-21)11-12-25(22)24(28)30-14-20-17-8-3-1-6-15(17)16-7-2-4-9-18(16)20/h1-4,6-9,19-22H,5,10-14H2,(H,26,27). The fourth-order valence-electron chi connectivity index (χ4n) is 5.34. The minimum Gasteiger partial charge on any atom is -0.480 e. The lowest BCUT2D eigenvalue weighted by Crippen LogP contribution is -2.46. The topological polar surface area (TPSA) is 76.1 Å². The Morgan fingerprint density at radius 3 is 2.30 bits per heavy atom. The van der Waals surface area contributed by atoms with Gasteiger partial charge in [-0.25, -0.2) is 9.59 Å². The number of likely N-dealkylation sites (tertiary alicyclic amines) is 1. The fourth-order valence-corrected chi connectivity index (χ4v) is 5.34. The van der Waals surface area contributed by atoms with Crippen molar-refractivity contribution < 1.29 is 24.2 Å². The molecule has 30 heavy (non-hydrogen) atoms. The van der Waals surface area contributed by atoms with Crippen LogP contribution >= 0.6 is 0 Å². The smallest absolute Gasteiger partial charge is 0.410 e. The van der Waals surface area contributed by atoms with Crippen LogP contribution in [0.2, 0.25) is 0 Å². The number of rotatable bonds is 4. The van der Waals surface area contributed by atoms with Crippen molar-refractivity contribution in [2.24, 2.45) is 5.92 Å². The monoisotopic (exact) mass is 407 g/mol. The minimum absolute atomic E-state index is 0.0406. The number of nitrogens with zero attached hydrogens (tertiary/aromatic N) is 1. The lowest BCUT2D eigenvalue weighted by molar-refractivity contribution is -0.144. The van der Waals surface area contributed by atoms with Gasteiger partial charge in [0.2, 0.25) is 0 Å². The zero-order valence-electron chi connectivity index (χ0n) is 16.7. The summed E-state index contributed by atoms with van der Waals surface area (Å²) in [7, 11) is 0. The molecule has 0 spiro atoms. The quantitative estimate of drug-likeness (QED) is 0.832. The summed E-state index contributed by atoms with van der Waals surface area (Å²) in [5.41, 5.74) is 4.61. The number of carboxylic acids is 1. The first-order valence-electron chi connectivity index (χ1n) is 10.6. The van der Waals surface area contributed by atoms with E-state index in [0.717, 1.165) is 35.1 Å². The lowest BCUT2D eigenvalue weighted by Gasteiger charge is -2.27. The molecular weight excluding hydrogens is 382 g/mol. The van der Waals surface area contributed by atoms with E-state index in [1.807, 2.05) is 24.3 Å². The molecule has 6 heteroatoms. The zero-order valence-corrected chi connectivity index (χ0v) is 16.7. The van der Waals surface area contributed by atoms with Gasteiger partial charge < -0.3 is 14.6 Å². The number of aliphatic carboxylic acids is 1. The highest BCUT2D eigenvalue weighted by atomic mass is 16.6. The highest BCUT2D eigenvalue weighted by molar-refractivity contribution is 5.82. The van der Waals surface area contributed by atoms with Gasteiger partial charge in [0.25, 0.3) is 0 Å². The third-order valence-electron chi connectivity index (χ3n) is 6.71. The van der Waals surface area contributed by atoms with Gasteiger partial charge >= 0.3 is 12.1 Å². The minimum atomic E-state index is -0.985. The number of benzene rings is 2. The Labute approximate surface area is 175 Å². The van der Waals surface area contributed by atoms with Crippen LogP contribution in [0.1, 0.15) is 36.3 Å². The van der Waals surface area contributed by atoms with Crippen LogP contribution in [0.15, 0.2) is 48.5 Å². The van der Waals surface area contributed by atoms with Crippen molar-refractivity contribution in [3.05, 3.63) is 59.7 Å². The number of carboxylic acid groups (broad SMARTS) is 1. The van der Waals surface area contributed by atoms with Gasteiger partial charge in [-0.2, -0.15) is 0 Å². The maximum absolute atomic E-state index is 12.9. The van der Waals surface area contributed by atoms with Gasteiger partial charge in [0.05, 0.1) is 6.10 Å². The first-order valence-corrected chi connectivity index (χ1v) is 10.6. The predicted octanol–water partition coefficient (Wildman–Crippen LogP) is 3.89. The molecule has 2 aliphatic heterocycles. The van der Waals surface area contributed by atoms with Crippen molar-refractivity contribution in [3.8, 4) is 11.1 Å². The van der Waals surface area contributed by atoms with E-state index in [2.05, 4.69) is 24.3 Å². The van der Waals surface area contributed by atoms with Crippen molar-refractivity contribution in [1.82, 2.24) is 4.90 Å². The summed E-state index contributed by atoms with van der Waals surface area (Å²) < 4.78 is 11.4. The number of hydrogen-bond acceptors (Lipinski definition) is 4. The molecule has 3 atom stereocenters. The van der Waals surface area contributed by atoms with Crippen LogP contribution in [-0.2, 0) is 14.3 Å². The first-order chi connectivity index (χ1) is 14.6. The van der Waals surface area contributed by atoms with Crippen LogP contribution in [0.3, 0.4) is 0 Å². The number of amides is 1. The van der Waals surface area contributed by atoms with Crippen molar-refractivity contribution in [3.63, 3.8) is 0 Å². The maximum atomic E-state index is 12.9. The van der Waals surface area contributed by atoms with Crippen LogP contribution in [0.5, 0.6) is 0 Å². The largest absolute Gasteiger partial charge is 0.480 e. The number of fused-ring (bicyclic) bond motifs is 3. The van der Waals surface area contributed by atoms with Gasteiger partial charge in [0.15, 0.2) is 0 Å². The summed E-state index contributed by atoms with van der Waals surface area (Å²) in [6, 6.07) is 15.4. The molecule has 3 aliphatic rings. The summed E-state index contributed by atoms with van der Waals surface area (Å²) >= 11 is 0. The summed E-state index contributed by atoms with van der Waals surface area (Å²) in [5.74, 6) is -1.20. The van der Waals surface area contributed by atoms with Crippen molar-refractivity contribution in [1.29, 1.82) is 0 Å². The van der Waals surface area contributed by atoms with Gasteiger partial charge in [0.1, 0.15) is 12.6 Å². The number of hydrogen-bond donors (Lipinski definition) is 1. The van der Waals surface area contributed by atoms with E-state index < -0.39 is 18.1 Å². The van der Waals surface area contributed by atoms with Crippen LogP contribution in [0.4, 0.5) is 4.79 Å². The normalized spacial score (nSPS) is 25.2. The number of ether oxygens (including phenoxy) is 2. The number of carbonyl (C=O) groups is 2. The van der Waals surface area contributed by atoms with E-state index in [4.69, 9.17) is 9.47 Å². The van der Waals surface area contributed by atoms with E-state index in [1.54, 1.807) is 0 Å². The van der Waals surface area contributed by atoms with Crippen LogP contribution in [0, 0.1) is 5.92 Å². The highest BCUT2D eigenvalue weighted by Gasteiger charge is 2.47. The molecule has 2 saturated heterocycles. The fraction of sp³-hybridized carbons (Fsp3) is 0.417. The molecule has 2 aromatic carbocycles. The molecular formula is C24H25NO5. The Morgan fingerprint density at radius 2 is 1.70 bits per heavy atom. The highest BCUT2D eigenvalue weighted by Crippen LogP contribution is 2.44. The molecule has 2 aromatic rings. The number of carbonyl (C=O) groups excluding carboxylic acids is 1. The molecule has 5 rings (SSSR count). The second-order valence-electron chi connectivity index (χ2n) is 8.28. The zero-order chi connectivity index (χ0) is 20.7. The lowest BCUT2D eigenvalue weighted by atomic mass is 9.92. The predicted molar refractivity (Wildman–Crippen MR) is 110 cm³/mol. The van der Waals surface area contributed by atoms with Gasteiger partial charge in [0, 0.05) is 25.0 Å². The molecule has 156 valence electrons. The van der Waals surface area contributed by atoms with Crippen LogP contribution < -0.4 is 0 Å². The Hall–Kier alpha value is -2.86. The van der Waals surface area contributed by atoms with Gasteiger partial charge in [-0.05, 0) is 41.5 Å². The van der Waals surface area contributed by atoms with Gasteiger partial charge in [-0.15, -0.1) is 0 Å². The Morgan fingerprint density at radius 1 is 1.03 bits per heavy atom. The molecule has 2 fully saturated rings. The summed E-state index contributed by atoms with van der Waals surface area (Å²) in [6.07, 6.45) is 1.79. The Bertz CT molecular complexity index is 922. The molecule has 0 radical (unpaired) electrons. The maximum Gasteiger partial charge on any atom is 0.410 e.